The van der Waals surface area contributed by atoms with Crippen LogP contribution in [0.15, 0.2) is 66.1 Å². The average molecular weight is 386 g/mol. The Bertz CT molecular complexity index is 1350. The van der Waals surface area contributed by atoms with Gasteiger partial charge < -0.3 is 10.3 Å². The summed E-state index contributed by atoms with van der Waals surface area (Å²) >= 11 is 0. The summed E-state index contributed by atoms with van der Waals surface area (Å²) in [5.41, 5.74) is 2.44. The van der Waals surface area contributed by atoms with Gasteiger partial charge in [0.1, 0.15) is 17.4 Å². The van der Waals surface area contributed by atoms with Crippen LogP contribution in [0.1, 0.15) is 25.2 Å². The zero-order valence-corrected chi connectivity index (χ0v) is 15.6. The number of hydrogen-bond donors (Lipinski definition) is 2. The summed E-state index contributed by atoms with van der Waals surface area (Å²) in [5, 5.41) is 8.17. The summed E-state index contributed by atoms with van der Waals surface area (Å²) in [5.74, 6) is 1.21. The molecule has 9 nitrogen and oxygen atoms in total. The average Bonchev–Trinajstić information content (AvgIpc) is 3.42. The van der Waals surface area contributed by atoms with Crippen molar-refractivity contribution in [2.24, 2.45) is 0 Å². The zero-order valence-electron chi connectivity index (χ0n) is 15.6. The minimum atomic E-state index is -0.267. The molecule has 4 heterocycles. The third-order valence-electron chi connectivity index (χ3n) is 4.86. The molecule has 0 saturated carbocycles. The van der Waals surface area contributed by atoms with Crippen molar-refractivity contribution >= 4 is 22.5 Å². The van der Waals surface area contributed by atoms with Gasteiger partial charge in [-0.25, -0.2) is 19.5 Å². The number of nitrogens with one attached hydrogen (secondary N) is 2. The van der Waals surface area contributed by atoms with Crippen molar-refractivity contribution in [1.29, 1.82) is 0 Å². The van der Waals surface area contributed by atoms with Gasteiger partial charge in [0, 0.05) is 6.20 Å². The van der Waals surface area contributed by atoms with Gasteiger partial charge in [-0.2, -0.15) is 5.10 Å². The number of fused-ring (bicyclic) bond motifs is 2. The highest BCUT2D eigenvalue weighted by molar-refractivity contribution is 5.82. The molecule has 5 rings (SSSR count). The topological polar surface area (TPSA) is 106 Å². The van der Waals surface area contributed by atoms with E-state index in [4.69, 9.17) is 5.10 Å². The van der Waals surface area contributed by atoms with Gasteiger partial charge in [-0.1, -0.05) is 25.1 Å². The normalized spacial score (nSPS) is 12.4. The first kappa shape index (κ1) is 17.1. The van der Waals surface area contributed by atoms with Crippen molar-refractivity contribution < 1.29 is 0 Å². The Kier molecular flexibility index (Phi) is 4.05. The summed E-state index contributed by atoms with van der Waals surface area (Å²) < 4.78 is 3.27. The van der Waals surface area contributed by atoms with Crippen molar-refractivity contribution in [3.63, 3.8) is 0 Å². The molecule has 0 radical (unpaired) electrons. The van der Waals surface area contributed by atoms with E-state index in [1.807, 2.05) is 43.3 Å². The molecule has 0 aliphatic rings. The van der Waals surface area contributed by atoms with Crippen LogP contribution in [0, 0.1) is 0 Å². The quantitative estimate of drug-likeness (QED) is 0.481. The fraction of sp³-hybridized carbons (Fsp3) is 0.150. The number of para-hydroxylation sites is 1. The monoisotopic (exact) mass is 386 g/mol. The molecule has 1 aromatic carbocycles. The van der Waals surface area contributed by atoms with E-state index < -0.39 is 0 Å². The standard InChI is InChI=1S/C20H18N8O/c1-2-14(25-18-16-17(22-11-21-16)23-12-24-18)19-26-27-10-6-9-15(27)20(29)28(19)13-7-4-3-5-8-13/h3-12,14H,2H2,1H3,(H2,21,22,23,24,25)/t14-/m0/s1. The van der Waals surface area contributed by atoms with Gasteiger partial charge >= 0.3 is 0 Å². The first-order valence-electron chi connectivity index (χ1n) is 9.32. The van der Waals surface area contributed by atoms with Crippen LogP contribution in [0.5, 0.6) is 0 Å². The van der Waals surface area contributed by atoms with Crippen LogP contribution in [0.4, 0.5) is 5.82 Å². The maximum atomic E-state index is 13.3. The molecular weight excluding hydrogens is 368 g/mol. The third-order valence-corrected chi connectivity index (χ3v) is 4.86. The Balaban J connectivity index is 1.70. The maximum Gasteiger partial charge on any atom is 0.282 e. The predicted molar refractivity (Wildman–Crippen MR) is 109 cm³/mol. The Labute approximate surface area is 165 Å². The Hall–Kier alpha value is -4.01. The summed E-state index contributed by atoms with van der Waals surface area (Å²) in [7, 11) is 0. The van der Waals surface area contributed by atoms with Gasteiger partial charge in [-0.15, -0.1) is 0 Å². The van der Waals surface area contributed by atoms with Gasteiger partial charge in [0.2, 0.25) is 0 Å². The molecule has 0 saturated heterocycles. The number of aromatic nitrogens is 7. The van der Waals surface area contributed by atoms with E-state index in [0.717, 1.165) is 5.69 Å². The lowest BCUT2D eigenvalue weighted by Gasteiger charge is -2.21. The summed E-state index contributed by atoms with van der Waals surface area (Å²) in [4.78, 5) is 29.0. The second kappa shape index (κ2) is 6.86. The second-order valence-electron chi connectivity index (χ2n) is 6.60. The molecule has 5 aromatic rings. The predicted octanol–water partition coefficient (Wildman–Crippen LogP) is 2.71. The van der Waals surface area contributed by atoms with Gasteiger partial charge in [-0.05, 0) is 30.7 Å². The highest BCUT2D eigenvalue weighted by Gasteiger charge is 2.22. The highest BCUT2D eigenvalue weighted by atomic mass is 16.1. The Morgan fingerprint density at radius 3 is 2.79 bits per heavy atom. The summed E-state index contributed by atoms with van der Waals surface area (Å²) in [6.45, 7) is 2.03. The smallest absolute Gasteiger partial charge is 0.282 e. The van der Waals surface area contributed by atoms with Crippen LogP contribution in [-0.2, 0) is 0 Å². The minimum Gasteiger partial charge on any atom is -0.358 e. The number of benzene rings is 1. The lowest BCUT2D eigenvalue weighted by atomic mass is 10.2. The van der Waals surface area contributed by atoms with Crippen LogP contribution in [0.3, 0.4) is 0 Å². The van der Waals surface area contributed by atoms with Crippen molar-refractivity contribution in [3.8, 4) is 5.69 Å². The zero-order chi connectivity index (χ0) is 19.8. The third kappa shape index (κ3) is 2.83. The molecule has 1 atom stereocenters. The molecule has 0 spiro atoms. The van der Waals surface area contributed by atoms with E-state index in [-0.39, 0.29) is 11.6 Å². The van der Waals surface area contributed by atoms with Gasteiger partial charge in [0.15, 0.2) is 17.3 Å². The highest BCUT2D eigenvalue weighted by Crippen LogP contribution is 2.24. The number of aromatic amines is 1. The molecule has 0 aliphatic carbocycles. The first-order valence-corrected chi connectivity index (χ1v) is 9.32. The van der Waals surface area contributed by atoms with E-state index in [1.54, 1.807) is 27.7 Å². The van der Waals surface area contributed by atoms with Crippen molar-refractivity contribution in [1.82, 2.24) is 34.1 Å². The van der Waals surface area contributed by atoms with Gasteiger partial charge in [-0.3, -0.25) is 9.36 Å². The molecule has 4 aromatic heterocycles. The molecule has 2 N–H and O–H groups in total. The molecule has 0 aliphatic heterocycles. The van der Waals surface area contributed by atoms with E-state index in [1.165, 1.54) is 6.33 Å². The SMILES string of the molecule is CC[C@H](Nc1ncnc2nc[nH]c12)c1nn2cccc2c(=O)n1-c1ccccc1. The molecule has 0 fully saturated rings. The molecule has 29 heavy (non-hydrogen) atoms. The molecule has 0 amide bonds. The molecule has 144 valence electrons. The van der Waals surface area contributed by atoms with E-state index in [9.17, 15) is 4.79 Å². The van der Waals surface area contributed by atoms with Gasteiger partial charge in [0.05, 0.1) is 18.1 Å². The van der Waals surface area contributed by atoms with Crippen LogP contribution in [-0.4, -0.2) is 34.1 Å². The first-order chi connectivity index (χ1) is 14.3. The van der Waals surface area contributed by atoms with Crippen LogP contribution < -0.4 is 10.9 Å². The minimum absolute atomic E-state index is 0.124. The number of hydrogen-bond acceptors (Lipinski definition) is 6. The van der Waals surface area contributed by atoms with Crippen LogP contribution >= 0.6 is 0 Å². The molecule has 9 heteroatoms. The number of anilines is 1. The summed E-state index contributed by atoms with van der Waals surface area (Å²) in [6, 6.07) is 12.8. The maximum absolute atomic E-state index is 13.3. The van der Waals surface area contributed by atoms with E-state index >= 15 is 0 Å². The van der Waals surface area contributed by atoms with E-state index in [0.29, 0.717) is 34.7 Å². The number of rotatable bonds is 5. The van der Waals surface area contributed by atoms with Crippen molar-refractivity contribution in [2.45, 2.75) is 19.4 Å². The van der Waals surface area contributed by atoms with E-state index in [2.05, 4.69) is 25.3 Å². The van der Waals surface area contributed by atoms with Crippen LogP contribution in [0.2, 0.25) is 0 Å². The summed E-state index contributed by atoms with van der Waals surface area (Å²) in [6.07, 6.45) is 5.51. The Morgan fingerprint density at radius 1 is 1.10 bits per heavy atom. The molecule has 0 bridgehead atoms. The van der Waals surface area contributed by atoms with Crippen LogP contribution in [0.25, 0.3) is 22.4 Å². The lowest BCUT2D eigenvalue weighted by Crippen LogP contribution is -2.30. The lowest BCUT2D eigenvalue weighted by molar-refractivity contribution is 0.622. The largest absolute Gasteiger partial charge is 0.358 e. The number of imidazole rings is 1. The van der Waals surface area contributed by atoms with Crippen molar-refractivity contribution in [2.75, 3.05) is 5.32 Å². The number of H-pyrrole nitrogens is 1. The fourth-order valence-electron chi connectivity index (χ4n) is 3.44. The molecule has 0 unspecified atom stereocenters. The fourth-order valence-corrected chi connectivity index (χ4v) is 3.44. The molecular formula is C20H18N8O. The Morgan fingerprint density at radius 2 is 1.97 bits per heavy atom. The van der Waals surface area contributed by atoms with Gasteiger partial charge in [0.25, 0.3) is 5.56 Å². The van der Waals surface area contributed by atoms with Crippen molar-refractivity contribution in [3.05, 3.63) is 77.5 Å². The number of nitrogens with zero attached hydrogens (tertiary/aromatic N) is 6. The second-order valence-corrected chi connectivity index (χ2v) is 6.60.